The summed E-state index contributed by atoms with van der Waals surface area (Å²) < 4.78 is 0. The molecule has 0 aliphatic rings. The molecule has 0 aliphatic carbocycles. The number of hydrogen-bond acceptors (Lipinski definition) is 5. The number of anilines is 1. The molecular formula is C15H19ClN4O. The molecule has 0 amide bonds. The third-order valence-electron chi connectivity index (χ3n) is 3.06. The first-order chi connectivity index (χ1) is 10.1. The third kappa shape index (κ3) is 4.31. The van der Waals surface area contributed by atoms with Crippen LogP contribution in [0.2, 0.25) is 5.02 Å². The molecule has 0 unspecified atom stereocenters. The van der Waals surface area contributed by atoms with Gasteiger partial charge in [0.25, 0.3) is 0 Å². The molecule has 0 saturated heterocycles. The van der Waals surface area contributed by atoms with Gasteiger partial charge in [-0.1, -0.05) is 24.9 Å². The fraction of sp³-hybridized carbons (Fsp3) is 0.333. The van der Waals surface area contributed by atoms with E-state index in [4.69, 9.17) is 17.3 Å². The SMILES string of the molecule is CCC[C@@H](N)CNc1ccnc(-c2cc(Cl)ccc2O)n1. The van der Waals surface area contributed by atoms with Gasteiger partial charge in [0, 0.05) is 23.8 Å². The Labute approximate surface area is 129 Å². The molecule has 1 atom stereocenters. The zero-order valence-corrected chi connectivity index (χ0v) is 12.6. The Morgan fingerprint density at radius 1 is 1.38 bits per heavy atom. The zero-order chi connectivity index (χ0) is 15.2. The van der Waals surface area contributed by atoms with Gasteiger partial charge in [-0.15, -0.1) is 0 Å². The van der Waals surface area contributed by atoms with Crippen molar-refractivity contribution in [3.05, 3.63) is 35.5 Å². The molecule has 0 spiro atoms. The van der Waals surface area contributed by atoms with Crippen molar-refractivity contribution >= 4 is 17.4 Å². The first-order valence-electron chi connectivity index (χ1n) is 6.91. The minimum atomic E-state index is 0.0907. The Morgan fingerprint density at radius 2 is 2.19 bits per heavy atom. The third-order valence-corrected chi connectivity index (χ3v) is 3.30. The number of nitrogens with two attached hydrogens (primary N) is 1. The molecule has 112 valence electrons. The Bertz CT molecular complexity index is 606. The second-order valence-electron chi connectivity index (χ2n) is 4.86. The summed E-state index contributed by atoms with van der Waals surface area (Å²) in [6.07, 6.45) is 3.64. The maximum Gasteiger partial charge on any atom is 0.165 e. The van der Waals surface area contributed by atoms with Gasteiger partial charge in [-0.2, -0.15) is 0 Å². The average molecular weight is 307 g/mol. The number of nitrogens with one attached hydrogen (secondary N) is 1. The number of nitrogens with zero attached hydrogens (tertiary/aromatic N) is 2. The van der Waals surface area contributed by atoms with E-state index < -0.39 is 0 Å². The number of aromatic hydroxyl groups is 1. The van der Waals surface area contributed by atoms with Crippen LogP contribution in [0.4, 0.5) is 5.82 Å². The van der Waals surface area contributed by atoms with Crippen molar-refractivity contribution in [1.82, 2.24) is 9.97 Å². The first kappa shape index (κ1) is 15.5. The van der Waals surface area contributed by atoms with E-state index in [0.717, 1.165) is 12.8 Å². The standard InChI is InChI=1S/C15H19ClN4O/c1-2-3-11(17)9-19-14-6-7-18-15(20-14)12-8-10(16)4-5-13(12)21/h4-8,11,21H,2-3,9,17H2,1H3,(H,18,19,20)/t11-/m1/s1. The summed E-state index contributed by atoms with van der Waals surface area (Å²) in [4.78, 5) is 8.55. The summed E-state index contributed by atoms with van der Waals surface area (Å²) in [6.45, 7) is 2.75. The van der Waals surface area contributed by atoms with Gasteiger partial charge < -0.3 is 16.2 Å². The number of aromatic nitrogens is 2. The summed E-state index contributed by atoms with van der Waals surface area (Å²) in [5.41, 5.74) is 6.47. The van der Waals surface area contributed by atoms with Gasteiger partial charge in [0.2, 0.25) is 0 Å². The fourth-order valence-electron chi connectivity index (χ4n) is 1.98. The van der Waals surface area contributed by atoms with Crippen LogP contribution in [0.15, 0.2) is 30.5 Å². The lowest BCUT2D eigenvalue weighted by Crippen LogP contribution is -2.29. The van der Waals surface area contributed by atoms with Crippen molar-refractivity contribution in [2.24, 2.45) is 5.73 Å². The molecule has 1 heterocycles. The molecule has 2 rings (SSSR count). The first-order valence-corrected chi connectivity index (χ1v) is 7.29. The summed E-state index contributed by atoms with van der Waals surface area (Å²) in [5, 5.41) is 13.6. The molecule has 4 N–H and O–H groups in total. The topological polar surface area (TPSA) is 84.1 Å². The number of phenolic OH excluding ortho intramolecular Hbond substituents is 1. The minimum Gasteiger partial charge on any atom is -0.507 e. The highest BCUT2D eigenvalue weighted by Crippen LogP contribution is 2.29. The molecule has 6 heteroatoms. The van der Waals surface area contributed by atoms with Gasteiger partial charge in [-0.05, 0) is 30.7 Å². The summed E-state index contributed by atoms with van der Waals surface area (Å²) in [5.74, 6) is 1.19. The van der Waals surface area contributed by atoms with Crippen LogP contribution < -0.4 is 11.1 Å². The minimum absolute atomic E-state index is 0.0907. The van der Waals surface area contributed by atoms with E-state index >= 15 is 0 Å². The molecule has 0 radical (unpaired) electrons. The van der Waals surface area contributed by atoms with E-state index in [9.17, 15) is 5.11 Å². The summed E-state index contributed by atoms with van der Waals surface area (Å²) >= 11 is 5.95. The zero-order valence-electron chi connectivity index (χ0n) is 11.9. The molecule has 0 saturated carbocycles. The van der Waals surface area contributed by atoms with Crippen LogP contribution in [-0.4, -0.2) is 27.7 Å². The molecule has 21 heavy (non-hydrogen) atoms. The normalized spacial score (nSPS) is 12.1. The van der Waals surface area contributed by atoms with Gasteiger partial charge in [-0.3, -0.25) is 0 Å². The smallest absolute Gasteiger partial charge is 0.165 e. The lowest BCUT2D eigenvalue weighted by molar-refractivity contribution is 0.477. The fourth-order valence-corrected chi connectivity index (χ4v) is 2.15. The number of phenols is 1. The van der Waals surface area contributed by atoms with E-state index in [1.54, 1.807) is 24.4 Å². The van der Waals surface area contributed by atoms with Gasteiger partial charge in [0.1, 0.15) is 11.6 Å². The van der Waals surface area contributed by atoms with E-state index in [0.29, 0.717) is 28.8 Å². The number of rotatable bonds is 6. The average Bonchev–Trinajstić information content (AvgIpc) is 2.48. The van der Waals surface area contributed by atoms with E-state index in [1.165, 1.54) is 6.07 Å². The molecule has 0 bridgehead atoms. The van der Waals surface area contributed by atoms with Crippen LogP contribution >= 0.6 is 11.6 Å². The molecule has 2 aromatic rings. The monoisotopic (exact) mass is 306 g/mol. The predicted molar refractivity (Wildman–Crippen MR) is 85.5 cm³/mol. The molecular weight excluding hydrogens is 288 g/mol. The second-order valence-corrected chi connectivity index (χ2v) is 5.29. The number of hydrogen-bond donors (Lipinski definition) is 3. The Kier molecular flexibility index (Phi) is 5.36. The second kappa shape index (κ2) is 7.24. The van der Waals surface area contributed by atoms with Crippen LogP contribution in [-0.2, 0) is 0 Å². The van der Waals surface area contributed by atoms with E-state index in [2.05, 4.69) is 22.2 Å². The quantitative estimate of drug-likeness (QED) is 0.764. The van der Waals surface area contributed by atoms with Gasteiger partial charge >= 0.3 is 0 Å². The largest absolute Gasteiger partial charge is 0.507 e. The molecule has 1 aromatic carbocycles. The molecule has 1 aromatic heterocycles. The molecule has 5 nitrogen and oxygen atoms in total. The summed E-state index contributed by atoms with van der Waals surface area (Å²) in [6, 6.07) is 6.64. The van der Waals surface area contributed by atoms with Crippen LogP contribution in [0.1, 0.15) is 19.8 Å². The maximum absolute atomic E-state index is 9.89. The van der Waals surface area contributed by atoms with Gasteiger partial charge in [0.15, 0.2) is 5.82 Å². The molecule has 0 aliphatic heterocycles. The van der Waals surface area contributed by atoms with E-state index in [1.807, 2.05) is 0 Å². The van der Waals surface area contributed by atoms with Crippen molar-refractivity contribution in [2.45, 2.75) is 25.8 Å². The van der Waals surface area contributed by atoms with Gasteiger partial charge in [0.05, 0.1) is 5.56 Å². The number of benzene rings is 1. The van der Waals surface area contributed by atoms with E-state index in [-0.39, 0.29) is 11.8 Å². The highest BCUT2D eigenvalue weighted by atomic mass is 35.5. The van der Waals surface area contributed by atoms with Crippen molar-refractivity contribution in [2.75, 3.05) is 11.9 Å². The lowest BCUT2D eigenvalue weighted by Gasteiger charge is -2.12. The van der Waals surface area contributed by atoms with Crippen LogP contribution in [0.5, 0.6) is 5.75 Å². The van der Waals surface area contributed by atoms with Crippen molar-refractivity contribution < 1.29 is 5.11 Å². The van der Waals surface area contributed by atoms with Crippen LogP contribution in [0, 0.1) is 0 Å². The van der Waals surface area contributed by atoms with Crippen molar-refractivity contribution in [3.63, 3.8) is 0 Å². The summed E-state index contributed by atoms with van der Waals surface area (Å²) in [7, 11) is 0. The lowest BCUT2D eigenvalue weighted by atomic mass is 10.2. The maximum atomic E-state index is 9.89. The Hall–Kier alpha value is -1.85. The Balaban J connectivity index is 2.16. The highest BCUT2D eigenvalue weighted by Gasteiger charge is 2.09. The molecule has 0 fully saturated rings. The highest BCUT2D eigenvalue weighted by molar-refractivity contribution is 6.30. The van der Waals surface area contributed by atoms with Crippen LogP contribution in [0.25, 0.3) is 11.4 Å². The van der Waals surface area contributed by atoms with Crippen molar-refractivity contribution in [1.29, 1.82) is 0 Å². The van der Waals surface area contributed by atoms with Gasteiger partial charge in [-0.25, -0.2) is 9.97 Å². The van der Waals surface area contributed by atoms with Crippen molar-refractivity contribution in [3.8, 4) is 17.1 Å². The Morgan fingerprint density at radius 3 is 2.95 bits per heavy atom. The predicted octanol–water partition coefficient (Wildman–Crippen LogP) is 3.04. The number of halogens is 1. The van der Waals surface area contributed by atoms with Crippen LogP contribution in [0.3, 0.4) is 0 Å².